The molecule has 2 amide bonds. The fourth-order valence-corrected chi connectivity index (χ4v) is 3.82. The number of pyridine rings is 1. The summed E-state index contributed by atoms with van der Waals surface area (Å²) in [6.45, 7) is 2.83. The monoisotopic (exact) mass is 322 g/mol. The second-order valence-corrected chi connectivity index (χ2v) is 6.73. The van der Waals surface area contributed by atoms with E-state index in [1.54, 1.807) is 6.20 Å². The molecule has 0 bridgehead atoms. The van der Waals surface area contributed by atoms with E-state index in [4.69, 9.17) is 0 Å². The zero-order valence-electron chi connectivity index (χ0n) is 13.9. The zero-order chi connectivity index (χ0) is 16.5. The summed E-state index contributed by atoms with van der Waals surface area (Å²) in [5, 5.41) is 3.03. The van der Waals surface area contributed by atoms with Gasteiger partial charge in [0.2, 0.25) is 0 Å². The molecule has 5 heteroatoms. The summed E-state index contributed by atoms with van der Waals surface area (Å²) in [5.74, 6) is 0.623. The van der Waals surface area contributed by atoms with Crippen LogP contribution in [-0.4, -0.2) is 53.5 Å². The van der Waals surface area contributed by atoms with Crippen molar-refractivity contribution in [2.24, 2.45) is 5.92 Å². The molecule has 4 rings (SSSR count). The van der Waals surface area contributed by atoms with E-state index >= 15 is 0 Å². The van der Waals surface area contributed by atoms with Gasteiger partial charge in [-0.2, -0.15) is 0 Å². The smallest absolute Gasteiger partial charge is 0.321 e. The van der Waals surface area contributed by atoms with Gasteiger partial charge in [-0.25, -0.2) is 4.79 Å². The van der Waals surface area contributed by atoms with E-state index in [1.807, 2.05) is 47.4 Å². The summed E-state index contributed by atoms with van der Waals surface area (Å²) >= 11 is 0. The van der Waals surface area contributed by atoms with Crippen LogP contribution >= 0.6 is 0 Å². The van der Waals surface area contributed by atoms with Crippen molar-refractivity contribution in [3.63, 3.8) is 0 Å². The summed E-state index contributed by atoms with van der Waals surface area (Å²) in [4.78, 5) is 21.3. The van der Waals surface area contributed by atoms with Crippen molar-refractivity contribution < 1.29 is 4.79 Å². The molecule has 124 valence electrons. The average Bonchev–Trinajstić information content (AvgIpc) is 3.18. The molecule has 2 aliphatic rings. The van der Waals surface area contributed by atoms with Gasteiger partial charge >= 0.3 is 6.03 Å². The van der Waals surface area contributed by atoms with E-state index in [1.165, 1.54) is 6.42 Å². The fourth-order valence-electron chi connectivity index (χ4n) is 3.82. The number of carbonyl (C=O) groups is 1. The van der Waals surface area contributed by atoms with Gasteiger partial charge in [-0.15, -0.1) is 0 Å². The number of anilines is 1. The molecule has 3 heterocycles. The van der Waals surface area contributed by atoms with Crippen LogP contribution in [0.5, 0.6) is 0 Å². The quantitative estimate of drug-likeness (QED) is 0.925. The molecule has 0 saturated carbocycles. The summed E-state index contributed by atoms with van der Waals surface area (Å²) in [7, 11) is 2.15. The highest BCUT2D eigenvalue weighted by molar-refractivity contribution is 5.90. The van der Waals surface area contributed by atoms with Gasteiger partial charge in [0.1, 0.15) is 0 Å². The van der Waals surface area contributed by atoms with Crippen LogP contribution in [0.1, 0.15) is 6.42 Å². The lowest BCUT2D eigenvalue weighted by Gasteiger charge is -2.21. The number of likely N-dealkylation sites (tertiary alicyclic amines) is 2. The summed E-state index contributed by atoms with van der Waals surface area (Å²) < 4.78 is 0. The minimum absolute atomic E-state index is 0.0111. The highest BCUT2D eigenvalue weighted by Crippen LogP contribution is 2.30. The summed E-state index contributed by atoms with van der Waals surface area (Å²) in [6.07, 6.45) is 2.93. The minimum Gasteiger partial charge on any atom is -0.323 e. The fraction of sp³-hybridized carbons (Fsp3) is 0.368. The molecule has 0 unspecified atom stereocenters. The van der Waals surface area contributed by atoms with Crippen LogP contribution in [0.25, 0.3) is 11.3 Å². The number of rotatable bonds is 2. The molecule has 1 aromatic heterocycles. The highest BCUT2D eigenvalue weighted by Gasteiger charge is 2.41. The Kier molecular flexibility index (Phi) is 3.94. The molecule has 0 spiro atoms. The van der Waals surface area contributed by atoms with Crippen LogP contribution in [0, 0.1) is 5.92 Å². The first kappa shape index (κ1) is 15.1. The third-order valence-corrected chi connectivity index (χ3v) is 5.19. The minimum atomic E-state index is -0.0111. The molecule has 5 nitrogen and oxygen atoms in total. The van der Waals surface area contributed by atoms with Crippen LogP contribution < -0.4 is 5.32 Å². The summed E-state index contributed by atoms with van der Waals surface area (Å²) in [6, 6.07) is 14.3. The Bertz CT molecular complexity index is 733. The van der Waals surface area contributed by atoms with Crippen molar-refractivity contribution in [2.75, 3.05) is 32.0 Å². The van der Waals surface area contributed by atoms with Crippen molar-refractivity contribution in [3.8, 4) is 11.3 Å². The zero-order valence-corrected chi connectivity index (χ0v) is 13.9. The van der Waals surface area contributed by atoms with E-state index in [0.717, 1.165) is 36.6 Å². The molecular weight excluding hydrogens is 300 g/mol. The van der Waals surface area contributed by atoms with E-state index < -0.39 is 0 Å². The molecule has 24 heavy (non-hydrogen) atoms. The molecule has 2 aliphatic heterocycles. The van der Waals surface area contributed by atoms with Crippen molar-refractivity contribution in [1.82, 2.24) is 14.8 Å². The number of hydrogen-bond donors (Lipinski definition) is 1. The number of aromatic nitrogens is 1. The molecular formula is C19H22N4O. The number of amides is 2. The van der Waals surface area contributed by atoms with Crippen molar-refractivity contribution in [3.05, 3.63) is 48.7 Å². The van der Waals surface area contributed by atoms with Gasteiger partial charge in [0.25, 0.3) is 0 Å². The number of urea groups is 1. The van der Waals surface area contributed by atoms with Gasteiger partial charge in [-0.05, 0) is 38.1 Å². The van der Waals surface area contributed by atoms with E-state index in [9.17, 15) is 4.79 Å². The average molecular weight is 322 g/mol. The first-order chi connectivity index (χ1) is 11.7. The maximum atomic E-state index is 12.6. The molecule has 2 saturated heterocycles. The number of nitrogens with one attached hydrogen (secondary N) is 1. The molecule has 1 N–H and O–H groups in total. The van der Waals surface area contributed by atoms with Gasteiger partial charge < -0.3 is 15.1 Å². The maximum Gasteiger partial charge on any atom is 0.321 e. The lowest BCUT2D eigenvalue weighted by molar-refractivity contribution is 0.213. The van der Waals surface area contributed by atoms with Gasteiger partial charge in [0.05, 0.1) is 5.69 Å². The van der Waals surface area contributed by atoms with Crippen LogP contribution in [0.4, 0.5) is 10.5 Å². The standard InChI is InChI=1S/C19H22N4O/c1-22-10-8-15-12-23(13-18(15)22)19(24)21-16-7-9-20-17(11-16)14-5-3-2-4-6-14/h2-7,9,11,15,18H,8,10,12-13H2,1H3,(H,20,21,24)/t15-,18+/m1/s1. The first-order valence-electron chi connectivity index (χ1n) is 8.48. The van der Waals surface area contributed by atoms with Crippen molar-refractivity contribution >= 4 is 11.7 Å². The molecule has 1 aromatic carbocycles. The Balaban J connectivity index is 1.45. The number of benzene rings is 1. The number of likely N-dealkylation sites (N-methyl/N-ethyl adjacent to an activating group) is 1. The van der Waals surface area contributed by atoms with Crippen LogP contribution in [-0.2, 0) is 0 Å². The van der Waals surface area contributed by atoms with E-state index in [0.29, 0.717) is 12.0 Å². The predicted octanol–water partition coefficient (Wildman–Crippen LogP) is 2.92. The Morgan fingerprint density at radius 2 is 2.04 bits per heavy atom. The lowest BCUT2D eigenvalue weighted by atomic mass is 10.1. The van der Waals surface area contributed by atoms with Gasteiger partial charge in [0.15, 0.2) is 0 Å². The van der Waals surface area contributed by atoms with Gasteiger partial charge in [0, 0.05) is 36.6 Å². The number of nitrogens with zero attached hydrogens (tertiary/aromatic N) is 3. The van der Waals surface area contributed by atoms with E-state index in [2.05, 4.69) is 22.2 Å². The summed E-state index contributed by atoms with van der Waals surface area (Å²) in [5.41, 5.74) is 2.71. The predicted molar refractivity (Wildman–Crippen MR) is 94.8 cm³/mol. The molecule has 2 atom stereocenters. The lowest BCUT2D eigenvalue weighted by Crippen LogP contribution is -2.37. The Labute approximate surface area is 142 Å². The van der Waals surface area contributed by atoms with Gasteiger partial charge in [-0.3, -0.25) is 4.98 Å². The normalized spacial score (nSPS) is 23.3. The van der Waals surface area contributed by atoms with Crippen molar-refractivity contribution in [2.45, 2.75) is 12.5 Å². The Hall–Kier alpha value is -2.40. The van der Waals surface area contributed by atoms with Crippen LogP contribution in [0.2, 0.25) is 0 Å². The molecule has 0 radical (unpaired) electrons. The topological polar surface area (TPSA) is 48.5 Å². The Morgan fingerprint density at radius 3 is 2.83 bits per heavy atom. The third-order valence-electron chi connectivity index (χ3n) is 5.19. The van der Waals surface area contributed by atoms with Crippen LogP contribution in [0.15, 0.2) is 48.7 Å². The third kappa shape index (κ3) is 2.87. The Morgan fingerprint density at radius 1 is 1.21 bits per heavy atom. The largest absolute Gasteiger partial charge is 0.323 e. The molecule has 2 fully saturated rings. The van der Waals surface area contributed by atoms with Gasteiger partial charge in [-0.1, -0.05) is 30.3 Å². The molecule has 2 aromatic rings. The van der Waals surface area contributed by atoms with Crippen molar-refractivity contribution in [1.29, 1.82) is 0 Å². The highest BCUT2D eigenvalue weighted by atomic mass is 16.2. The van der Waals surface area contributed by atoms with Crippen LogP contribution in [0.3, 0.4) is 0 Å². The number of fused-ring (bicyclic) bond motifs is 1. The van der Waals surface area contributed by atoms with E-state index in [-0.39, 0.29) is 6.03 Å². The number of carbonyl (C=O) groups excluding carboxylic acids is 1. The maximum absolute atomic E-state index is 12.6. The molecule has 0 aliphatic carbocycles. The SMILES string of the molecule is CN1CC[C@@H]2CN(C(=O)Nc3ccnc(-c4ccccc4)c3)C[C@@H]21. The second kappa shape index (κ2) is 6.24. The first-order valence-corrected chi connectivity index (χ1v) is 8.48. The number of hydrogen-bond acceptors (Lipinski definition) is 3. The second-order valence-electron chi connectivity index (χ2n) is 6.73.